The molecule has 0 bridgehead atoms. The van der Waals surface area contributed by atoms with Gasteiger partial charge in [-0.3, -0.25) is 4.79 Å². The highest BCUT2D eigenvalue weighted by atomic mass is 35.5. The van der Waals surface area contributed by atoms with Gasteiger partial charge in [0.15, 0.2) is 0 Å². The highest BCUT2D eigenvalue weighted by Crippen LogP contribution is 2.28. The molecule has 0 radical (unpaired) electrons. The fraction of sp³-hybridized carbons (Fsp3) is 0.227. The van der Waals surface area contributed by atoms with Gasteiger partial charge >= 0.3 is 0 Å². The van der Waals surface area contributed by atoms with Crippen LogP contribution >= 0.6 is 11.6 Å². The third-order valence-electron chi connectivity index (χ3n) is 4.82. The van der Waals surface area contributed by atoms with Gasteiger partial charge in [-0.15, -0.1) is 0 Å². The molecule has 1 aromatic heterocycles. The van der Waals surface area contributed by atoms with Gasteiger partial charge in [-0.25, -0.2) is 0 Å². The molecule has 1 aliphatic rings. The lowest BCUT2D eigenvalue weighted by Gasteiger charge is -2.30. The van der Waals surface area contributed by atoms with Crippen molar-refractivity contribution in [2.75, 3.05) is 13.1 Å². The van der Waals surface area contributed by atoms with E-state index in [-0.39, 0.29) is 11.8 Å². The second-order valence-corrected chi connectivity index (χ2v) is 7.27. The van der Waals surface area contributed by atoms with E-state index in [1.54, 1.807) is 18.2 Å². The summed E-state index contributed by atoms with van der Waals surface area (Å²) in [6.07, 6.45) is 5.30. The Morgan fingerprint density at radius 2 is 2.04 bits per heavy atom. The number of aromatic nitrogens is 2. The number of halogens is 1. The minimum atomic E-state index is 0.00290. The van der Waals surface area contributed by atoms with Gasteiger partial charge < -0.3 is 9.42 Å². The SMILES string of the molecule is O=C(/C=C/c1ccccc1)N1CCCC(c2nc(-c3cccc(Cl)c3)no2)C1. The molecule has 5 nitrogen and oxygen atoms in total. The first-order chi connectivity index (χ1) is 13.7. The van der Waals surface area contributed by atoms with E-state index in [4.69, 9.17) is 16.1 Å². The van der Waals surface area contributed by atoms with Gasteiger partial charge in [0, 0.05) is 29.8 Å². The minimum absolute atomic E-state index is 0.00290. The number of likely N-dealkylation sites (tertiary alicyclic amines) is 1. The average Bonchev–Trinajstić information content (AvgIpc) is 3.23. The largest absolute Gasteiger partial charge is 0.339 e. The van der Waals surface area contributed by atoms with Gasteiger partial charge in [0.2, 0.25) is 17.6 Å². The number of hydrogen-bond donors (Lipinski definition) is 0. The molecule has 4 rings (SSSR count). The number of hydrogen-bond acceptors (Lipinski definition) is 4. The Hall–Kier alpha value is -2.92. The Morgan fingerprint density at radius 3 is 2.86 bits per heavy atom. The van der Waals surface area contributed by atoms with E-state index in [1.807, 2.05) is 53.4 Å². The summed E-state index contributed by atoms with van der Waals surface area (Å²) in [4.78, 5) is 19.0. The Kier molecular flexibility index (Phi) is 5.53. The number of carbonyl (C=O) groups is 1. The summed E-state index contributed by atoms with van der Waals surface area (Å²) < 4.78 is 5.50. The smallest absolute Gasteiger partial charge is 0.246 e. The topological polar surface area (TPSA) is 59.2 Å². The number of piperidine rings is 1. The predicted octanol–water partition coefficient (Wildman–Crippen LogP) is 4.81. The zero-order chi connectivity index (χ0) is 19.3. The molecule has 1 fully saturated rings. The van der Waals surface area contributed by atoms with Crippen LogP contribution in [-0.4, -0.2) is 34.0 Å². The van der Waals surface area contributed by atoms with Crippen molar-refractivity contribution < 1.29 is 9.32 Å². The minimum Gasteiger partial charge on any atom is -0.339 e. The lowest BCUT2D eigenvalue weighted by molar-refractivity contribution is -0.127. The summed E-state index contributed by atoms with van der Waals surface area (Å²) in [5.41, 5.74) is 1.82. The molecule has 1 saturated heterocycles. The molecule has 1 amide bonds. The molecule has 28 heavy (non-hydrogen) atoms. The second-order valence-electron chi connectivity index (χ2n) is 6.83. The first-order valence-corrected chi connectivity index (χ1v) is 9.68. The van der Waals surface area contributed by atoms with Crippen molar-refractivity contribution in [3.05, 3.63) is 77.2 Å². The van der Waals surface area contributed by atoms with Crippen molar-refractivity contribution in [2.45, 2.75) is 18.8 Å². The van der Waals surface area contributed by atoms with Gasteiger partial charge in [-0.05, 0) is 36.6 Å². The molecule has 0 aliphatic carbocycles. The van der Waals surface area contributed by atoms with Crippen molar-refractivity contribution in [1.29, 1.82) is 0 Å². The number of nitrogens with zero attached hydrogens (tertiary/aromatic N) is 3. The molecule has 6 heteroatoms. The van der Waals surface area contributed by atoms with Crippen LogP contribution in [0, 0.1) is 0 Å². The molecule has 0 saturated carbocycles. The molecule has 1 aliphatic heterocycles. The molecular formula is C22H20ClN3O2. The number of carbonyl (C=O) groups excluding carboxylic acids is 1. The molecule has 0 N–H and O–H groups in total. The third-order valence-corrected chi connectivity index (χ3v) is 5.06. The normalized spacial score (nSPS) is 17.2. The van der Waals surface area contributed by atoms with Gasteiger partial charge in [-0.1, -0.05) is 59.2 Å². The first kappa shape index (κ1) is 18.4. The summed E-state index contributed by atoms with van der Waals surface area (Å²) in [6.45, 7) is 1.32. The molecule has 2 aromatic carbocycles. The van der Waals surface area contributed by atoms with E-state index in [9.17, 15) is 4.79 Å². The maximum Gasteiger partial charge on any atom is 0.246 e. The van der Waals surface area contributed by atoms with Gasteiger partial charge in [0.05, 0.1) is 5.92 Å². The Labute approximate surface area is 168 Å². The predicted molar refractivity (Wildman–Crippen MR) is 109 cm³/mol. The Balaban J connectivity index is 1.44. The summed E-state index contributed by atoms with van der Waals surface area (Å²) in [5.74, 6) is 1.14. The molecule has 1 unspecified atom stereocenters. The molecule has 3 aromatic rings. The van der Waals surface area contributed by atoms with E-state index in [2.05, 4.69) is 10.1 Å². The summed E-state index contributed by atoms with van der Waals surface area (Å²) in [6, 6.07) is 17.2. The molecule has 1 atom stereocenters. The van der Waals surface area contributed by atoms with Crippen LogP contribution < -0.4 is 0 Å². The van der Waals surface area contributed by atoms with Crippen LogP contribution in [0.4, 0.5) is 0 Å². The molecule has 142 valence electrons. The van der Waals surface area contributed by atoms with Gasteiger partial charge in [-0.2, -0.15) is 4.98 Å². The van der Waals surface area contributed by atoms with Crippen LogP contribution in [0.5, 0.6) is 0 Å². The van der Waals surface area contributed by atoms with Crippen molar-refractivity contribution in [3.8, 4) is 11.4 Å². The average molecular weight is 394 g/mol. The van der Waals surface area contributed by atoms with Crippen molar-refractivity contribution >= 4 is 23.6 Å². The maximum atomic E-state index is 12.6. The number of benzene rings is 2. The lowest BCUT2D eigenvalue weighted by atomic mass is 9.98. The monoisotopic (exact) mass is 393 g/mol. The van der Waals surface area contributed by atoms with Gasteiger partial charge in [0.25, 0.3) is 0 Å². The van der Waals surface area contributed by atoms with E-state index in [0.29, 0.717) is 23.3 Å². The third kappa shape index (κ3) is 4.31. The van der Waals surface area contributed by atoms with Crippen LogP contribution in [0.25, 0.3) is 17.5 Å². The van der Waals surface area contributed by atoms with Crippen LogP contribution in [0.2, 0.25) is 5.02 Å². The van der Waals surface area contributed by atoms with Crippen LogP contribution in [-0.2, 0) is 4.79 Å². The highest BCUT2D eigenvalue weighted by Gasteiger charge is 2.28. The molecule has 2 heterocycles. The zero-order valence-electron chi connectivity index (χ0n) is 15.3. The van der Waals surface area contributed by atoms with E-state index in [0.717, 1.165) is 30.5 Å². The van der Waals surface area contributed by atoms with Crippen LogP contribution in [0.3, 0.4) is 0 Å². The molecular weight excluding hydrogens is 374 g/mol. The lowest BCUT2D eigenvalue weighted by Crippen LogP contribution is -2.38. The summed E-state index contributed by atoms with van der Waals surface area (Å²) in [7, 11) is 0. The Morgan fingerprint density at radius 1 is 1.18 bits per heavy atom. The fourth-order valence-corrected chi connectivity index (χ4v) is 3.55. The summed E-state index contributed by atoms with van der Waals surface area (Å²) >= 11 is 6.04. The highest BCUT2D eigenvalue weighted by molar-refractivity contribution is 6.30. The Bertz CT molecular complexity index is 984. The number of amides is 1. The first-order valence-electron chi connectivity index (χ1n) is 9.30. The van der Waals surface area contributed by atoms with E-state index >= 15 is 0 Å². The molecule has 0 spiro atoms. The fourth-order valence-electron chi connectivity index (χ4n) is 3.36. The van der Waals surface area contributed by atoms with Crippen molar-refractivity contribution in [1.82, 2.24) is 15.0 Å². The van der Waals surface area contributed by atoms with E-state index < -0.39 is 0 Å². The van der Waals surface area contributed by atoms with Crippen LogP contribution in [0.15, 0.2) is 65.2 Å². The van der Waals surface area contributed by atoms with E-state index in [1.165, 1.54) is 0 Å². The van der Waals surface area contributed by atoms with Crippen molar-refractivity contribution in [3.63, 3.8) is 0 Å². The second kappa shape index (κ2) is 8.40. The number of rotatable bonds is 4. The van der Waals surface area contributed by atoms with Crippen LogP contribution in [0.1, 0.15) is 30.2 Å². The zero-order valence-corrected chi connectivity index (χ0v) is 16.0. The van der Waals surface area contributed by atoms with Gasteiger partial charge in [0.1, 0.15) is 0 Å². The summed E-state index contributed by atoms with van der Waals surface area (Å²) in [5, 5.41) is 4.71. The van der Waals surface area contributed by atoms with Crippen molar-refractivity contribution in [2.24, 2.45) is 0 Å². The standard InChI is InChI=1S/C22H20ClN3O2/c23-19-10-4-8-17(14-19)21-24-22(28-25-21)18-9-5-13-26(15-18)20(27)12-11-16-6-2-1-3-7-16/h1-4,6-8,10-12,14,18H,5,9,13,15H2/b12-11+. The quantitative estimate of drug-likeness (QED) is 0.597. The maximum absolute atomic E-state index is 12.6.